The summed E-state index contributed by atoms with van der Waals surface area (Å²) in [6.45, 7) is 0.597. The minimum Gasteiger partial charge on any atom is -0.355 e. The number of hydrogen-bond donors (Lipinski definition) is 1. The SMILES string of the molecule is O=C(CS(=O)Cc1cccc(C(F)(F)F)c1)NCC1CC1. The second-order valence-corrected chi connectivity index (χ2v) is 6.63. The van der Waals surface area contributed by atoms with Crippen molar-refractivity contribution in [1.82, 2.24) is 5.32 Å². The van der Waals surface area contributed by atoms with Crippen LogP contribution in [0.15, 0.2) is 24.3 Å². The van der Waals surface area contributed by atoms with Gasteiger partial charge in [0, 0.05) is 23.1 Å². The Morgan fingerprint density at radius 1 is 1.33 bits per heavy atom. The smallest absolute Gasteiger partial charge is 0.355 e. The van der Waals surface area contributed by atoms with Crippen molar-refractivity contribution < 1.29 is 22.2 Å². The molecule has 0 saturated heterocycles. The normalized spacial score (nSPS) is 16.5. The Hall–Kier alpha value is -1.37. The first-order chi connectivity index (χ1) is 9.84. The third kappa shape index (κ3) is 5.49. The molecule has 7 heteroatoms. The van der Waals surface area contributed by atoms with Crippen molar-refractivity contribution in [2.45, 2.75) is 24.8 Å². The molecule has 1 aromatic carbocycles. The number of hydrogen-bond acceptors (Lipinski definition) is 2. The van der Waals surface area contributed by atoms with Gasteiger partial charge in [0.05, 0.1) is 5.56 Å². The van der Waals surface area contributed by atoms with E-state index < -0.39 is 22.5 Å². The fourth-order valence-electron chi connectivity index (χ4n) is 1.85. The van der Waals surface area contributed by atoms with Crippen LogP contribution in [0.2, 0.25) is 0 Å². The van der Waals surface area contributed by atoms with Crippen molar-refractivity contribution in [3.05, 3.63) is 35.4 Å². The molecule has 2 rings (SSSR count). The molecule has 0 spiro atoms. The zero-order chi connectivity index (χ0) is 15.5. The molecule has 0 radical (unpaired) electrons. The van der Waals surface area contributed by atoms with Crippen LogP contribution in [0.1, 0.15) is 24.0 Å². The van der Waals surface area contributed by atoms with Gasteiger partial charge >= 0.3 is 6.18 Å². The Kier molecular flexibility index (Phi) is 5.03. The summed E-state index contributed by atoms with van der Waals surface area (Å²) in [6, 6.07) is 4.70. The van der Waals surface area contributed by atoms with E-state index in [0.717, 1.165) is 25.0 Å². The van der Waals surface area contributed by atoms with Crippen LogP contribution in [0.4, 0.5) is 13.2 Å². The number of amides is 1. The van der Waals surface area contributed by atoms with Gasteiger partial charge in [-0.2, -0.15) is 13.2 Å². The summed E-state index contributed by atoms with van der Waals surface area (Å²) < 4.78 is 49.5. The summed E-state index contributed by atoms with van der Waals surface area (Å²) in [5, 5.41) is 2.68. The fourth-order valence-corrected chi connectivity index (χ4v) is 2.90. The third-order valence-electron chi connectivity index (χ3n) is 3.16. The summed E-state index contributed by atoms with van der Waals surface area (Å²) in [5.41, 5.74) is -0.451. The van der Waals surface area contributed by atoms with E-state index in [1.165, 1.54) is 12.1 Å². The van der Waals surface area contributed by atoms with Crippen LogP contribution in [0, 0.1) is 5.92 Å². The molecule has 0 bridgehead atoms. The Morgan fingerprint density at radius 2 is 2.05 bits per heavy atom. The number of nitrogens with one attached hydrogen (secondary N) is 1. The number of halogens is 3. The van der Waals surface area contributed by atoms with Gasteiger partial charge in [0.25, 0.3) is 0 Å². The molecule has 1 fully saturated rings. The van der Waals surface area contributed by atoms with Crippen LogP contribution in [0.25, 0.3) is 0 Å². The van der Waals surface area contributed by atoms with Crippen molar-refractivity contribution in [3.8, 4) is 0 Å². The maximum Gasteiger partial charge on any atom is 0.416 e. The zero-order valence-corrected chi connectivity index (χ0v) is 12.1. The summed E-state index contributed by atoms with van der Waals surface area (Å²) >= 11 is 0. The van der Waals surface area contributed by atoms with Crippen LogP contribution < -0.4 is 5.32 Å². The quantitative estimate of drug-likeness (QED) is 0.875. The molecule has 21 heavy (non-hydrogen) atoms. The average Bonchev–Trinajstić information content (AvgIpc) is 3.19. The second-order valence-electron chi connectivity index (χ2n) is 5.17. The number of rotatable bonds is 6. The van der Waals surface area contributed by atoms with E-state index in [1.807, 2.05) is 0 Å². The highest BCUT2D eigenvalue weighted by Gasteiger charge is 2.30. The Morgan fingerprint density at radius 3 is 2.67 bits per heavy atom. The highest BCUT2D eigenvalue weighted by atomic mass is 32.2. The fraction of sp³-hybridized carbons (Fsp3) is 0.500. The van der Waals surface area contributed by atoms with Crippen LogP contribution in [0.3, 0.4) is 0 Å². The van der Waals surface area contributed by atoms with Crippen LogP contribution in [-0.2, 0) is 27.5 Å². The van der Waals surface area contributed by atoms with Gasteiger partial charge in [0.2, 0.25) is 5.91 Å². The Balaban J connectivity index is 1.85. The average molecular weight is 319 g/mol. The monoisotopic (exact) mass is 319 g/mol. The van der Waals surface area contributed by atoms with Gasteiger partial charge in [-0.05, 0) is 30.4 Å². The lowest BCUT2D eigenvalue weighted by atomic mass is 10.1. The van der Waals surface area contributed by atoms with E-state index >= 15 is 0 Å². The minimum atomic E-state index is -4.42. The molecule has 1 aromatic rings. The molecule has 1 saturated carbocycles. The van der Waals surface area contributed by atoms with Crippen LogP contribution in [-0.4, -0.2) is 22.4 Å². The maximum atomic E-state index is 12.6. The summed E-state index contributed by atoms with van der Waals surface area (Å²) in [6.07, 6.45) is -2.21. The van der Waals surface area contributed by atoms with Crippen molar-refractivity contribution >= 4 is 16.7 Å². The van der Waals surface area contributed by atoms with Crippen LogP contribution in [0.5, 0.6) is 0 Å². The van der Waals surface area contributed by atoms with E-state index in [1.54, 1.807) is 0 Å². The molecule has 1 unspecified atom stereocenters. The lowest BCUT2D eigenvalue weighted by Gasteiger charge is -2.09. The van der Waals surface area contributed by atoms with Gasteiger partial charge in [0.1, 0.15) is 5.75 Å². The number of benzene rings is 1. The lowest BCUT2D eigenvalue weighted by Crippen LogP contribution is -2.30. The van der Waals surface area contributed by atoms with Crippen LogP contribution >= 0.6 is 0 Å². The summed E-state index contributed by atoms with van der Waals surface area (Å²) in [7, 11) is -1.51. The van der Waals surface area contributed by atoms with Gasteiger partial charge in [-0.3, -0.25) is 9.00 Å². The summed E-state index contributed by atoms with van der Waals surface area (Å²) in [4.78, 5) is 11.5. The zero-order valence-electron chi connectivity index (χ0n) is 11.3. The molecule has 1 aliphatic rings. The predicted molar refractivity (Wildman–Crippen MR) is 73.9 cm³/mol. The Labute approximate surface area is 123 Å². The van der Waals surface area contributed by atoms with Gasteiger partial charge in [-0.25, -0.2) is 0 Å². The topological polar surface area (TPSA) is 46.2 Å². The Bertz CT molecular complexity index is 541. The molecule has 0 aromatic heterocycles. The van der Waals surface area contributed by atoms with Gasteiger partial charge in [0.15, 0.2) is 0 Å². The number of carbonyl (C=O) groups excluding carboxylic acids is 1. The van der Waals surface area contributed by atoms with E-state index in [0.29, 0.717) is 18.0 Å². The van der Waals surface area contributed by atoms with E-state index in [-0.39, 0.29) is 17.4 Å². The number of alkyl halides is 3. The first-order valence-corrected chi connectivity index (χ1v) is 8.11. The van der Waals surface area contributed by atoms with E-state index in [9.17, 15) is 22.2 Å². The molecule has 1 atom stereocenters. The maximum absolute atomic E-state index is 12.6. The predicted octanol–water partition coefficient (Wildman–Crippen LogP) is 2.48. The molecule has 1 aliphatic carbocycles. The van der Waals surface area contributed by atoms with Crippen molar-refractivity contribution in [2.75, 3.05) is 12.3 Å². The molecule has 0 heterocycles. The van der Waals surface area contributed by atoms with Crippen molar-refractivity contribution in [1.29, 1.82) is 0 Å². The lowest BCUT2D eigenvalue weighted by molar-refractivity contribution is -0.137. The molecule has 1 N–H and O–H groups in total. The second kappa shape index (κ2) is 6.60. The molecular weight excluding hydrogens is 303 g/mol. The highest BCUT2D eigenvalue weighted by molar-refractivity contribution is 7.84. The molecule has 3 nitrogen and oxygen atoms in total. The molecule has 0 aliphatic heterocycles. The molecule has 116 valence electrons. The first kappa shape index (κ1) is 16.0. The first-order valence-electron chi connectivity index (χ1n) is 6.62. The van der Waals surface area contributed by atoms with Crippen molar-refractivity contribution in [2.24, 2.45) is 5.92 Å². The highest BCUT2D eigenvalue weighted by Crippen LogP contribution is 2.29. The molecular formula is C14H16F3NO2S. The van der Waals surface area contributed by atoms with E-state index in [4.69, 9.17) is 0 Å². The molecule has 1 amide bonds. The largest absolute Gasteiger partial charge is 0.416 e. The van der Waals surface area contributed by atoms with Crippen molar-refractivity contribution in [3.63, 3.8) is 0 Å². The third-order valence-corrected chi connectivity index (χ3v) is 4.40. The minimum absolute atomic E-state index is 0.0548. The summed E-state index contributed by atoms with van der Waals surface area (Å²) in [5.74, 6) is -0.0120. The number of carbonyl (C=O) groups is 1. The van der Waals surface area contributed by atoms with Gasteiger partial charge in [-0.1, -0.05) is 18.2 Å². The van der Waals surface area contributed by atoms with Gasteiger partial charge < -0.3 is 5.32 Å². The van der Waals surface area contributed by atoms with Gasteiger partial charge in [-0.15, -0.1) is 0 Å². The standard InChI is InChI=1S/C14H16F3NO2S/c15-14(16,17)12-3-1-2-11(6-12)8-21(20)9-13(19)18-7-10-4-5-10/h1-3,6,10H,4-5,7-9H2,(H,18,19). The van der Waals surface area contributed by atoms with E-state index in [2.05, 4.69) is 5.32 Å².